The Labute approximate surface area is 97.5 Å². The second-order valence-corrected chi connectivity index (χ2v) is 4.57. The molecule has 4 heteroatoms. The highest BCUT2D eigenvalue weighted by atomic mass is 15.4. The molecule has 1 unspecified atom stereocenters. The van der Waals surface area contributed by atoms with Crippen LogP contribution in [-0.4, -0.2) is 27.9 Å². The average molecular weight is 222 g/mol. The lowest BCUT2D eigenvalue weighted by Gasteiger charge is -2.15. The lowest BCUT2D eigenvalue weighted by atomic mass is 10.2. The standard InChI is InChI=1S/C12H22N4/c1-4-11-14-12(5-2)16(15-11)8-10(13-3)9-6-7-9/h9-10,13H,4-8H2,1-3H3. The average Bonchev–Trinajstić information content (AvgIpc) is 3.07. The van der Waals surface area contributed by atoms with Gasteiger partial charge < -0.3 is 5.32 Å². The predicted molar refractivity (Wildman–Crippen MR) is 64.3 cm³/mol. The van der Waals surface area contributed by atoms with Crippen molar-refractivity contribution in [2.24, 2.45) is 5.92 Å². The van der Waals surface area contributed by atoms with Gasteiger partial charge in [-0.05, 0) is 25.8 Å². The lowest BCUT2D eigenvalue weighted by Crippen LogP contribution is -2.33. The van der Waals surface area contributed by atoms with Gasteiger partial charge in [0.25, 0.3) is 0 Å². The van der Waals surface area contributed by atoms with E-state index in [4.69, 9.17) is 0 Å². The van der Waals surface area contributed by atoms with Crippen LogP contribution < -0.4 is 5.32 Å². The van der Waals surface area contributed by atoms with Crippen molar-refractivity contribution in [2.45, 2.75) is 52.1 Å². The summed E-state index contributed by atoms with van der Waals surface area (Å²) in [6.07, 6.45) is 4.62. The van der Waals surface area contributed by atoms with Crippen molar-refractivity contribution in [3.05, 3.63) is 11.6 Å². The van der Waals surface area contributed by atoms with E-state index in [0.717, 1.165) is 37.0 Å². The second kappa shape index (κ2) is 4.95. The molecule has 1 atom stereocenters. The Kier molecular flexibility index (Phi) is 3.59. The Morgan fingerprint density at radius 1 is 1.38 bits per heavy atom. The second-order valence-electron chi connectivity index (χ2n) is 4.57. The largest absolute Gasteiger partial charge is 0.315 e. The van der Waals surface area contributed by atoms with E-state index < -0.39 is 0 Å². The van der Waals surface area contributed by atoms with E-state index in [1.165, 1.54) is 12.8 Å². The van der Waals surface area contributed by atoms with Gasteiger partial charge in [-0.2, -0.15) is 5.10 Å². The summed E-state index contributed by atoms with van der Waals surface area (Å²) < 4.78 is 2.10. The molecule has 0 aliphatic heterocycles. The van der Waals surface area contributed by atoms with Crippen LogP contribution in [0.3, 0.4) is 0 Å². The monoisotopic (exact) mass is 222 g/mol. The third-order valence-corrected chi connectivity index (χ3v) is 3.36. The molecular weight excluding hydrogens is 200 g/mol. The molecule has 1 aliphatic rings. The van der Waals surface area contributed by atoms with Crippen molar-refractivity contribution in [3.8, 4) is 0 Å². The van der Waals surface area contributed by atoms with Gasteiger partial charge in [-0.3, -0.25) is 0 Å². The van der Waals surface area contributed by atoms with Crippen LogP contribution in [0.5, 0.6) is 0 Å². The van der Waals surface area contributed by atoms with Crippen molar-refractivity contribution < 1.29 is 0 Å². The van der Waals surface area contributed by atoms with E-state index in [1.54, 1.807) is 0 Å². The Morgan fingerprint density at radius 3 is 2.62 bits per heavy atom. The summed E-state index contributed by atoms with van der Waals surface area (Å²) in [6, 6.07) is 0.566. The summed E-state index contributed by atoms with van der Waals surface area (Å²) in [5, 5.41) is 7.97. The van der Waals surface area contributed by atoms with Crippen LogP contribution in [0.25, 0.3) is 0 Å². The van der Waals surface area contributed by atoms with E-state index >= 15 is 0 Å². The number of nitrogens with one attached hydrogen (secondary N) is 1. The molecule has 1 fully saturated rings. The Balaban J connectivity index is 2.08. The minimum atomic E-state index is 0.566. The summed E-state index contributed by atoms with van der Waals surface area (Å²) in [6.45, 7) is 5.22. The van der Waals surface area contributed by atoms with Crippen LogP contribution in [0.1, 0.15) is 38.3 Å². The minimum Gasteiger partial charge on any atom is -0.315 e. The molecule has 1 aliphatic carbocycles. The van der Waals surface area contributed by atoms with Crippen molar-refractivity contribution >= 4 is 0 Å². The summed E-state index contributed by atoms with van der Waals surface area (Å²) >= 11 is 0. The van der Waals surface area contributed by atoms with Gasteiger partial charge >= 0.3 is 0 Å². The van der Waals surface area contributed by atoms with Gasteiger partial charge in [-0.15, -0.1) is 0 Å². The molecule has 1 heterocycles. The highest BCUT2D eigenvalue weighted by Crippen LogP contribution is 2.33. The van der Waals surface area contributed by atoms with Gasteiger partial charge in [-0.1, -0.05) is 13.8 Å². The fourth-order valence-corrected chi connectivity index (χ4v) is 2.14. The first-order valence-corrected chi connectivity index (χ1v) is 6.38. The molecule has 0 spiro atoms. The SMILES string of the molecule is CCc1nc(CC)n(CC(NC)C2CC2)n1. The molecule has 1 N–H and O–H groups in total. The number of rotatable bonds is 6. The Bertz CT molecular complexity index is 341. The summed E-state index contributed by atoms with van der Waals surface area (Å²) in [7, 11) is 2.05. The first kappa shape index (κ1) is 11.6. The molecule has 0 radical (unpaired) electrons. The molecule has 0 aromatic carbocycles. The Hall–Kier alpha value is -0.900. The summed E-state index contributed by atoms with van der Waals surface area (Å²) in [5.74, 6) is 2.95. The highest BCUT2D eigenvalue weighted by Gasteiger charge is 2.30. The minimum absolute atomic E-state index is 0.566. The molecular formula is C12H22N4. The zero-order chi connectivity index (χ0) is 11.5. The van der Waals surface area contributed by atoms with Gasteiger partial charge in [-0.25, -0.2) is 9.67 Å². The lowest BCUT2D eigenvalue weighted by molar-refractivity contribution is 0.404. The third-order valence-electron chi connectivity index (χ3n) is 3.36. The van der Waals surface area contributed by atoms with Gasteiger partial charge in [0.2, 0.25) is 0 Å². The smallest absolute Gasteiger partial charge is 0.150 e. The number of aryl methyl sites for hydroxylation is 2. The molecule has 1 aromatic rings. The van der Waals surface area contributed by atoms with Gasteiger partial charge in [0.1, 0.15) is 5.82 Å². The number of hydrogen-bond acceptors (Lipinski definition) is 3. The van der Waals surface area contributed by atoms with Crippen molar-refractivity contribution in [1.29, 1.82) is 0 Å². The van der Waals surface area contributed by atoms with Crippen molar-refractivity contribution in [1.82, 2.24) is 20.1 Å². The number of nitrogens with zero attached hydrogens (tertiary/aromatic N) is 3. The maximum absolute atomic E-state index is 4.56. The fourth-order valence-electron chi connectivity index (χ4n) is 2.14. The maximum atomic E-state index is 4.56. The van der Waals surface area contributed by atoms with Crippen molar-refractivity contribution in [2.75, 3.05) is 7.05 Å². The van der Waals surface area contributed by atoms with Crippen LogP contribution >= 0.6 is 0 Å². The first-order valence-electron chi connectivity index (χ1n) is 6.38. The van der Waals surface area contributed by atoms with Crippen LogP contribution in [0.4, 0.5) is 0 Å². The molecule has 1 aromatic heterocycles. The van der Waals surface area contributed by atoms with E-state index in [0.29, 0.717) is 6.04 Å². The molecule has 4 nitrogen and oxygen atoms in total. The molecule has 90 valence electrons. The van der Waals surface area contributed by atoms with Crippen LogP contribution in [0.15, 0.2) is 0 Å². The third kappa shape index (κ3) is 2.43. The van der Waals surface area contributed by atoms with E-state index in [9.17, 15) is 0 Å². The van der Waals surface area contributed by atoms with Gasteiger partial charge in [0.05, 0.1) is 6.54 Å². The number of aromatic nitrogens is 3. The molecule has 0 saturated heterocycles. The van der Waals surface area contributed by atoms with E-state index in [1.807, 2.05) is 7.05 Å². The van der Waals surface area contributed by atoms with E-state index in [2.05, 4.69) is 33.9 Å². The zero-order valence-corrected chi connectivity index (χ0v) is 10.5. The van der Waals surface area contributed by atoms with Crippen LogP contribution in [-0.2, 0) is 19.4 Å². The molecule has 0 amide bonds. The molecule has 1 saturated carbocycles. The normalized spacial score (nSPS) is 17.7. The first-order chi connectivity index (χ1) is 7.78. The fraction of sp³-hybridized carbons (Fsp3) is 0.833. The van der Waals surface area contributed by atoms with Gasteiger partial charge in [0, 0.05) is 18.9 Å². The van der Waals surface area contributed by atoms with Crippen molar-refractivity contribution in [3.63, 3.8) is 0 Å². The molecule has 16 heavy (non-hydrogen) atoms. The predicted octanol–water partition coefficient (Wildman–Crippen LogP) is 1.40. The highest BCUT2D eigenvalue weighted by molar-refractivity contribution is 4.95. The Morgan fingerprint density at radius 2 is 2.12 bits per heavy atom. The topological polar surface area (TPSA) is 42.7 Å². The molecule has 0 bridgehead atoms. The van der Waals surface area contributed by atoms with Gasteiger partial charge in [0.15, 0.2) is 5.82 Å². The van der Waals surface area contributed by atoms with E-state index in [-0.39, 0.29) is 0 Å². The quantitative estimate of drug-likeness (QED) is 0.791. The van der Waals surface area contributed by atoms with Crippen LogP contribution in [0, 0.1) is 5.92 Å². The zero-order valence-electron chi connectivity index (χ0n) is 10.5. The molecule has 2 rings (SSSR count). The number of likely N-dealkylation sites (N-methyl/N-ethyl adjacent to an activating group) is 1. The summed E-state index contributed by atoms with van der Waals surface area (Å²) in [5.41, 5.74) is 0. The summed E-state index contributed by atoms with van der Waals surface area (Å²) in [4.78, 5) is 4.54. The number of hydrogen-bond donors (Lipinski definition) is 1. The van der Waals surface area contributed by atoms with Crippen LogP contribution in [0.2, 0.25) is 0 Å². The maximum Gasteiger partial charge on any atom is 0.150 e.